The van der Waals surface area contributed by atoms with Crippen molar-refractivity contribution in [2.45, 2.75) is 51.9 Å². The molecule has 2 amide bonds. The van der Waals surface area contributed by atoms with E-state index >= 15 is 0 Å². The highest BCUT2D eigenvalue weighted by atomic mass is 16.6. The van der Waals surface area contributed by atoms with Crippen LogP contribution in [-0.4, -0.2) is 21.7 Å². The maximum atomic E-state index is 14.0. The second-order valence-electron chi connectivity index (χ2n) is 11.4. The number of carbonyl (C=O) groups excluding carboxylic acids is 2. The number of carbonyl (C=O) groups is 2. The van der Waals surface area contributed by atoms with E-state index in [9.17, 15) is 19.7 Å². The molecule has 35 heavy (non-hydrogen) atoms. The lowest BCUT2D eigenvalue weighted by Crippen LogP contribution is -2.41. The van der Waals surface area contributed by atoms with E-state index in [4.69, 9.17) is 0 Å². The lowest BCUT2D eigenvalue weighted by atomic mass is 9.56. The third-order valence-electron chi connectivity index (χ3n) is 8.71. The maximum absolute atomic E-state index is 14.0. The molecule has 7 nitrogen and oxygen atoms in total. The van der Waals surface area contributed by atoms with Gasteiger partial charge in [0.1, 0.15) is 0 Å². The van der Waals surface area contributed by atoms with Crippen LogP contribution in [0, 0.1) is 33.3 Å². The van der Waals surface area contributed by atoms with Crippen molar-refractivity contribution in [1.82, 2.24) is 4.98 Å². The number of hydrogen-bond donors (Lipinski definition) is 1. The molecular weight excluding hydrogens is 442 g/mol. The topological polar surface area (TPSA) is 96.3 Å². The van der Waals surface area contributed by atoms with Crippen molar-refractivity contribution in [3.63, 3.8) is 0 Å². The molecule has 3 aromatic rings. The van der Waals surface area contributed by atoms with Crippen LogP contribution in [0.5, 0.6) is 0 Å². The molecule has 2 aliphatic carbocycles. The fourth-order valence-electron chi connectivity index (χ4n) is 6.98. The standard InChI is InChI=1S/C28H29N3O4/c1-28(2,3)15-8-13-18-20(14-15)23-24(25-22(18)19-6-4-5-7-21(19)29-25)27(33)30(26(23)32)16-9-11-17(12-10-16)31(34)35/h4-7,9-12,15,18,20,23-24,29H,8,13-14H2,1-3H3/t15-,18+,20-,23-,24+/m1/s1. The zero-order valence-electron chi connectivity index (χ0n) is 20.2. The van der Waals surface area contributed by atoms with E-state index < -0.39 is 16.8 Å². The minimum absolute atomic E-state index is 0.0662. The minimum atomic E-state index is -0.555. The first-order valence-electron chi connectivity index (χ1n) is 12.4. The van der Waals surface area contributed by atoms with Crippen molar-refractivity contribution in [3.05, 3.63) is 69.9 Å². The summed E-state index contributed by atoms with van der Waals surface area (Å²) in [6, 6.07) is 13.9. The fraction of sp³-hybridized carbons (Fsp3) is 0.429. The van der Waals surface area contributed by atoms with Gasteiger partial charge in [-0.3, -0.25) is 19.7 Å². The Morgan fingerprint density at radius 2 is 1.71 bits per heavy atom. The number of imide groups is 1. The largest absolute Gasteiger partial charge is 0.357 e. The van der Waals surface area contributed by atoms with Gasteiger partial charge in [-0.2, -0.15) is 0 Å². The molecule has 1 saturated carbocycles. The highest BCUT2D eigenvalue weighted by Gasteiger charge is 2.59. The Balaban J connectivity index is 1.49. The van der Waals surface area contributed by atoms with Crippen molar-refractivity contribution in [2.75, 3.05) is 4.90 Å². The van der Waals surface area contributed by atoms with Gasteiger partial charge in [0.2, 0.25) is 11.8 Å². The fourth-order valence-corrected chi connectivity index (χ4v) is 6.98. The average Bonchev–Trinajstić information content (AvgIpc) is 3.33. The number of aromatic nitrogens is 1. The second kappa shape index (κ2) is 7.51. The number of nitrogens with one attached hydrogen (secondary N) is 1. The molecule has 2 heterocycles. The highest BCUT2D eigenvalue weighted by Crippen LogP contribution is 2.60. The summed E-state index contributed by atoms with van der Waals surface area (Å²) in [6.07, 6.45) is 3.03. The summed E-state index contributed by atoms with van der Waals surface area (Å²) >= 11 is 0. The molecule has 5 atom stereocenters. The van der Waals surface area contributed by atoms with Crippen LogP contribution in [0.4, 0.5) is 11.4 Å². The van der Waals surface area contributed by atoms with Crippen LogP contribution in [0.25, 0.3) is 10.9 Å². The normalized spacial score (nSPS) is 28.1. The van der Waals surface area contributed by atoms with Crippen LogP contribution >= 0.6 is 0 Å². The van der Waals surface area contributed by atoms with Gasteiger partial charge in [0.25, 0.3) is 5.69 Å². The average molecular weight is 472 g/mol. The quantitative estimate of drug-likeness (QED) is 0.285. The van der Waals surface area contributed by atoms with Crippen LogP contribution in [0.3, 0.4) is 0 Å². The maximum Gasteiger partial charge on any atom is 0.269 e. The molecule has 2 fully saturated rings. The molecule has 3 aliphatic rings. The van der Waals surface area contributed by atoms with E-state index in [2.05, 4.69) is 31.8 Å². The van der Waals surface area contributed by atoms with Gasteiger partial charge in [0.15, 0.2) is 0 Å². The SMILES string of the molecule is CC(C)(C)[C@@H]1CC[C@@H]2c3c([nH]c4ccccc34)[C@H]3C(=O)N(c4ccc([N+](=O)[O-])cc4)C(=O)[C@@H]3[C@@H]2C1. The van der Waals surface area contributed by atoms with Gasteiger partial charge in [0.05, 0.1) is 22.4 Å². The lowest BCUT2D eigenvalue weighted by Gasteiger charge is -2.47. The molecular formula is C28H29N3O4. The number of benzene rings is 2. The van der Waals surface area contributed by atoms with Crippen LogP contribution in [0.15, 0.2) is 48.5 Å². The molecule has 180 valence electrons. The number of nitro benzene ring substituents is 1. The third-order valence-corrected chi connectivity index (χ3v) is 8.71. The van der Waals surface area contributed by atoms with Crippen LogP contribution in [-0.2, 0) is 9.59 Å². The number of non-ortho nitro benzene ring substituents is 1. The predicted molar refractivity (Wildman–Crippen MR) is 133 cm³/mol. The van der Waals surface area contributed by atoms with Gasteiger partial charge in [-0.1, -0.05) is 39.0 Å². The second-order valence-corrected chi connectivity index (χ2v) is 11.4. The van der Waals surface area contributed by atoms with Gasteiger partial charge in [-0.05, 0) is 66.2 Å². The van der Waals surface area contributed by atoms with E-state index in [1.54, 1.807) is 0 Å². The van der Waals surface area contributed by atoms with Crippen LogP contribution in [0.2, 0.25) is 0 Å². The summed E-state index contributed by atoms with van der Waals surface area (Å²) in [4.78, 5) is 43.3. The van der Waals surface area contributed by atoms with Crippen molar-refractivity contribution in [1.29, 1.82) is 0 Å². The Labute approximate surface area is 203 Å². The molecule has 1 aliphatic heterocycles. The van der Waals surface area contributed by atoms with Gasteiger partial charge in [-0.25, -0.2) is 4.90 Å². The summed E-state index contributed by atoms with van der Waals surface area (Å²) in [5.74, 6) is -0.597. The summed E-state index contributed by atoms with van der Waals surface area (Å²) in [5.41, 5.74) is 3.56. The van der Waals surface area contributed by atoms with Crippen LogP contribution < -0.4 is 4.90 Å². The smallest absolute Gasteiger partial charge is 0.269 e. The Hall–Kier alpha value is -3.48. The van der Waals surface area contributed by atoms with E-state index in [0.29, 0.717) is 11.6 Å². The van der Waals surface area contributed by atoms with Crippen molar-refractivity contribution < 1.29 is 14.5 Å². The van der Waals surface area contributed by atoms with Gasteiger partial charge in [-0.15, -0.1) is 0 Å². The zero-order valence-corrected chi connectivity index (χ0v) is 20.2. The molecule has 2 aromatic carbocycles. The number of nitro groups is 1. The van der Waals surface area contributed by atoms with Gasteiger partial charge >= 0.3 is 0 Å². The van der Waals surface area contributed by atoms with Gasteiger partial charge < -0.3 is 4.98 Å². The van der Waals surface area contributed by atoms with E-state index in [1.807, 2.05) is 18.2 Å². The Kier molecular flexibility index (Phi) is 4.72. The van der Waals surface area contributed by atoms with E-state index in [-0.39, 0.29) is 34.8 Å². The predicted octanol–water partition coefficient (Wildman–Crippen LogP) is 5.91. The number of amides is 2. The number of H-pyrrole nitrogens is 1. The number of rotatable bonds is 2. The number of para-hydroxylation sites is 1. The molecule has 0 spiro atoms. The van der Waals surface area contributed by atoms with E-state index in [1.165, 1.54) is 34.7 Å². The first-order valence-corrected chi connectivity index (χ1v) is 12.4. The third kappa shape index (κ3) is 3.17. The molecule has 1 aromatic heterocycles. The zero-order chi connectivity index (χ0) is 24.6. The molecule has 0 unspecified atom stereocenters. The lowest BCUT2D eigenvalue weighted by molar-refractivity contribution is -0.384. The monoisotopic (exact) mass is 471 g/mol. The number of fused-ring (bicyclic) bond motifs is 8. The molecule has 1 N–H and O–H groups in total. The molecule has 0 bridgehead atoms. The first-order chi connectivity index (χ1) is 16.7. The first kappa shape index (κ1) is 22.0. The summed E-state index contributed by atoms with van der Waals surface area (Å²) in [6.45, 7) is 6.79. The van der Waals surface area contributed by atoms with Crippen molar-refractivity contribution >= 4 is 34.1 Å². The molecule has 6 rings (SSSR count). The van der Waals surface area contributed by atoms with Crippen LogP contribution in [0.1, 0.15) is 63.1 Å². The summed E-state index contributed by atoms with van der Waals surface area (Å²) in [5, 5.41) is 12.3. The van der Waals surface area contributed by atoms with E-state index in [0.717, 1.165) is 35.9 Å². The van der Waals surface area contributed by atoms with Crippen molar-refractivity contribution in [3.8, 4) is 0 Å². The highest BCUT2D eigenvalue weighted by molar-refractivity contribution is 6.24. The molecule has 1 saturated heterocycles. The minimum Gasteiger partial charge on any atom is -0.357 e. The Morgan fingerprint density at radius 3 is 2.40 bits per heavy atom. The van der Waals surface area contributed by atoms with Gasteiger partial charge in [0, 0.05) is 28.7 Å². The Morgan fingerprint density at radius 1 is 1.00 bits per heavy atom. The molecule has 0 radical (unpaired) electrons. The van der Waals surface area contributed by atoms with Crippen molar-refractivity contribution in [2.24, 2.45) is 23.2 Å². The molecule has 7 heteroatoms. The number of anilines is 1. The summed E-state index contributed by atoms with van der Waals surface area (Å²) in [7, 11) is 0. The summed E-state index contributed by atoms with van der Waals surface area (Å²) < 4.78 is 0. The number of hydrogen-bond acceptors (Lipinski definition) is 4. The number of nitrogens with zero attached hydrogens (tertiary/aromatic N) is 2. The number of aromatic amines is 1. The Bertz CT molecular complexity index is 1370.